The Bertz CT molecular complexity index is 983. The fraction of sp³-hybridized carbons (Fsp3) is 0.421. The summed E-state index contributed by atoms with van der Waals surface area (Å²) in [7, 11) is 1.77. The Balaban J connectivity index is 0.00000300. The number of benzene rings is 1. The fourth-order valence-corrected chi connectivity index (χ4v) is 3.96. The van der Waals surface area contributed by atoms with Crippen LogP contribution in [0.25, 0.3) is 10.2 Å². The van der Waals surface area contributed by atoms with Gasteiger partial charge in [0.15, 0.2) is 16.6 Å². The van der Waals surface area contributed by atoms with E-state index < -0.39 is 11.6 Å². The van der Waals surface area contributed by atoms with Crippen molar-refractivity contribution in [3.63, 3.8) is 0 Å². The number of anilines is 1. The van der Waals surface area contributed by atoms with Crippen LogP contribution in [0.2, 0.25) is 0 Å². The van der Waals surface area contributed by atoms with E-state index in [1.165, 1.54) is 11.0 Å². The molecule has 0 unspecified atom stereocenters. The van der Waals surface area contributed by atoms with Gasteiger partial charge in [0.05, 0.1) is 4.70 Å². The van der Waals surface area contributed by atoms with Gasteiger partial charge in [-0.3, -0.25) is 14.4 Å². The van der Waals surface area contributed by atoms with E-state index in [4.69, 9.17) is 0 Å². The third-order valence-electron chi connectivity index (χ3n) is 4.75. The lowest BCUT2D eigenvalue weighted by Gasteiger charge is -2.24. The summed E-state index contributed by atoms with van der Waals surface area (Å²) < 4.78 is 29.7. The highest BCUT2D eigenvalue weighted by atomic mass is 35.5. The molecular weight excluding hydrogens is 420 g/mol. The Morgan fingerprint density at radius 2 is 1.86 bits per heavy atom. The number of hydrogen-bond acceptors (Lipinski definition) is 5. The normalized spacial score (nSPS) is 11.1. The van der Waals surface area contributed by atoms with Crippen molar-refractivity contribution < 1.29 is 13.6 Å². The van der Waals surface area contributed by atoms with Crippen LogP contribution in [0.4, 0.5) is 13.9 Å². The molecule has 2 heterocycles. The van der Waals surface area contributed by atoms with Crippen LogP contribution >= 0.6 is 23.7 Å². The van der Waals surface area contributed by atoms with Crippen LogP contribution < -0.4 is 4.90 Å². The molecule has 1 amide bonds. The SMILES string of the molecule is CCN(CC)CCN(C(=O)c1cc(C)n(C)n1)c1nc2c(F)cc(F)cc2s1.Cl. The van der Waals surface area contributed by atoms with Crippen LogP contribution in [-0.4, -0.2) is 51.8 Å². The fourth-order valence-electron chi connectivity index (χ4n) is 2.93. The summed E-state index contributed by atoms with van der Waals surface area (Å²) in [5.41, 5.74) is 1.22. The molecule has 0 aliphatic heterocycles. The number of amides is 1. The van der Waals surface area contributed by atoms with E-state index in [-0.39, 0.29) is 23.8 Å². The molecule has 6 nitrogen and oxygen atoms in total. The molecule has 29 heavy (non-hydrogen) atoms. The summed E-state index contributed by atoms with van der Waals surface area (Å²) >= 11 is 1.10. The van der Waals surface area contributed by atoms with Crippen LogP contribution in [0.3, 0.4) is 0 Å². The Morgan fingerprint density at radius 3 is 2.45 bits per heavy atom. The molecule has 3 aromatic rings. The maximum absolute atomic E-state index is 14.1. The molecule has 0 aliphatic rings. The topological polar surface area (TPSA) is 54.3 Å². The van der Waals surface area contributed by atoms with E-state index in [1.807, 2.05) is 20.8 Å². The minimum atomic E-state index is -0.734. The third kappa shape index (κ3) is 4.91. The first kappa shape index (κ1) is 23.2. The maximum atomic E-state index is 14.1. The number of fused-ring (bicyclic) bond motifs is 1. The highest BCUT2D eigenvalue weighted by Crippen LogP contribution is 2.31. The highest BCUT2D eigenvalue weighted by molar-refractivity contribution is 7.22. The van der Waals surface area contributed by atoms with Crippen molar-refractivity contribution in [3.8, 4) is 0 Å². The molecule has 0 atom stereocenters. The van der Waals surface area contributed by atoms with Gasteiger partial charge in [-0.25, -0.2) is 13.8 Å². The van der Waals surface area contributed by atoms with Gasteiger partial charge in [0.2, 0.25) is 0 Å². The number of halogens is 3. The quantitative estimate of drug-likeness (QED) is 0.553. The second-order valence-electron chi connectivity index (χ2n) is 6.51. The Morgan fingerprint density at radius 1 is 1.17 bits per heavy atom. The molecule has 0 fully saturated rings. The molecule has 0 saturated heterocycles. The number of aromatic nitrogens is 3. The first-order valence-corrected chi connectivity index (χ1v) is 9.96. The average molecular weight is 444 g/mol. The van der Waals surface area contributed by atoms with E-state index in [0.29, 0.717) is 28.6 Å². The Hall–Kier alpha value is -2.10. The van der Waals surface area contributed by atoms with Gasteiger partial charge in [-0.1, -0.05) is 25.2 Å². The molecule has 1 aromatic carbocycles. The molecule has 0 radical (unpaired) electrons. The van der Waals surface area contributed by atoms with Crippen LogP contribution in [-0.2, 0) is 7.05 Å². The number of hydrogen-bond donors (Lipinski definition) is 0. The minimum absolute atomic E-state index is 0. The molecule has 2 aromatic heterocycles. The molecule has 0 spiro atoms. The summed E-state index contributed by atoms with van der Waals surface area (Å²) in [5.74, 6) is -1.71. The predicted molar refractivity (Wildman–Crippen MR) is 114 cm³/mol. The lowest BCUT2D eigenvalue weighted by Crippen LogP contribution is -2.39. The Labute approximate surface area is 178 Å². The van der Waals surface area contributed by atoms with Gasteiger partial charge >= 0.3 is 0 Å². The van der Waals surface area contributed by atoms with Crippen molar-refractivity contribution in [2.24, 2.45) is 7.05 Å². The van der Waals surface area contributed by atoms with Crippen LogP contribution in [0, 0.1) is 18.6 Å². The number of aryl methyl sites for hydroxylation is 2. The summed E-state index contributed by atoms with van der Waals surface area (Å²) in [6.07, 6.45) is 0. The number of thiazole rings is 1. The summed E-state index contributed by atoms with van der Waals surface area (Å²) in [6.45, 7) is 8.67. The summed E-state index contributed by atoms with van der Waals surface area (Å²) in [6, 6.07) is 3.74. The second-order valence-corrected chi connectivity index (χ2v) is 7.52. The van der Waals surface area contributed by atoms with Gasteiger partial charge in [0.1, 0.15) is 11.3 Å². The molecule has 3 rings (SSSR count). The third-order valence-corrected chi connectivity index (χ3v) is 5.77. The van der Waals surface area contributed by atoms with Crippen LogP contribution in [0.15, 0.2) is 18.2 Å². The molecule has 0 saturated carbocycles. The van der Waals surface area contributed by atoms with Gasteiger partial charge in [-0.15, -0.1) is 12.4 Å². The van der Waals surface area contributed by atoms with E-state index in [0.717, 1.165) is 36.2 Å². The van der Waals surface area contributed by atoms with E-state index >= 15 is 0 Å². The van der Waals surface area contributed by atoms with E-state index in [2.05, 4.69) is 15.0 Å². The first-order chi connectivity index (χ1) is 13.3. The second kappa shape index (κ2) is 9.60. The molecular formula is C19H24ClF2N5OS. The van der Waals surface area contributed by atoms with Crippen LogP contribution in [0.1, 0.15) is 30.0 Å². The van der Waals surface area contributed by atoms with Crippen LogP contribution in [0.5, 0.6) is 0 Å². The predicted octanol–water partition coefficient (Wildman–Crippen LogP) is 4.03. The van der Waals surface area contributed by atoms with Gasteiger partial charge in [-0.2, -0.15) is 5.10 Å². The lowest BCUT2D eigenvalue weighted by atomic mass is 10.3. The molecule has 0 bridgehead atoms. The van der Waals surface area contributed by atoms with Crippen molar-refractivity contribution in [3.05, 3.63) is 41.2 Å². The van der Waals surface area contributed by atoms with Crippen molar-refractivity contribution in [2.45, 2.75) is 20.8 Å². The largest absolute Gasteiger partial charge is 0.302 e. The number of carbonyl (C=O) groups excluding carboxylic acids is 1. The highest BCUT2D eigenvalue weighted by Gasteiger charge is 2.25. The maximum Gasteiger partial charge on any atom is 0.280 e. The average Bonchev–Trinajstić information content (AvgIpc) is 3.22. The van der Waals surface area contributed by atoms with Crippen molar-refractivity contribution in [1.82, 2.24) is 19.7 Å². The van der Waals surface area contributed by atoms with Gasteiger partial charge in [0, 0.05) is 31.9 Å². The van der Waals surface area contributed by atoms with Gasteiger partial charge in [-0.05, 0) is 32.1 Å². The molecule has 0 aliphatic carbocycles. The summed E-state index contributed by atoms with van der Waals surface area (Å²) in [4.78, 5) is 21.1. The Kier molecular flexibility index (Phi) is 7.67. The summed E-state index contributed by atoms with van der Waals surface area (Å²) in [5, 5.41) is 4.60. The molecule has 0 N–H and O–H groups in total. The standard InChI is InChI=1S/C19H23F2N5OS.ClH/c1-5-25(6-2)7-8-26(18(27)15-9-12(3)24(4)23-15)19-22-17-14(21)10-13(20)11-16(17)28-19;/h9-11H,5-8H2,1-4H3;1H. The zero-order valence-corrected chi connectivity index (χ0v) is 18.4. The monoisotopic (exact) mass is 443 g/mol. The van der Waals surface area contributed by atoms with E-state index in [9.17, 15) is 13.6 Å². The first-order valence-electron chi connectivity index (χ1n) is 9.14. The lowest BCUT2D eigenvalue weighted by molar-refractivity contribution is 0.0978. The minimum Gasteiger partial charge on any atom is -0.302 e. The number of carbonyl (C=O) groups is 1. The zero-order valence-electron chi connectivity index (χ0n) is 16.8. The molecule has 10 heteroatoms. The van der Waals surface area contributed by atoms with E-state index in [1.54, 1.807) is 17.8 Å². The number of likely N-dealkylation sites (N-methyl/N-ethyl adjacent to an activating group) is 1. The van der Waals surface area contributed by atoms with Gasteiger partial charge < -0.3 is 4.90 Å². The molecule has 158 valence electrons. The van der Waals surface area contributed by atoms with Crippen molar-refractivity contribution >= 4 is 45.0 Å². The van der Waals surface area contributed by atoms with Crippen molar-refractivity contribution in [1.29, 1.82) is 0 Å². The zero-order chi connectivity index (χ0) is 20.4. The smallest absolute Gasteiger partial charge is 0.280 e. The van der Waals surface area contributed by atoms with Crippen molar-refractivity contribution in [2.75, 3.05) is 31.1 Å². The number of rotatable bonds is 7. The van der Waals surface area contributed by atoms with Gasteiger partial charge in [0.25, 0.3) is 5.91 Å². The number of nitrogens with zero attached hydrogens (tertiary/aromatic N) is 5.